The zero-order chi connectivity index (χ0) is 22.2. The summed E-state index contributed by atoms with van der Waals surface area (Å²) in [5, 5.41) is 9.21. The molecule has 4 nitrogen and oxygen atoms in total. The van der Waals surface area contributed by atoms with Crippen molar-refractivity contribution in [3.63, 3.8) is 0 Å². The largest absolute Gasteiger partial charge is 0.332 e. The number of anilines is 3. The van der Waals surface area contributed by atoms with Gasteiger partial charge < -0.3 is 16.0 Å². The molecule has 0 heterocycles. The van der Waals surface area contributed by atoms with Crippen LogP contribution >= 0.6 is 35.6 Å². The molecule has 3 N–H and O–H groups in total. The monoisotopic (exact) mass is 473 g/mol. The summed E-state index contributed by atoms with van der Waals surface area (Å²) in [5.41, 5.74) is 2.18. The number of rotatable bonds is 7. The van der Waals surface area contributed by atoms with Gasteiger partial charge in [-0.3, -0.25) is 4.79 Å². The highest BCUT2D eigenvalue weighted by molar-refractivity contribution is 8.00. The fourth-order valence-corrected chi connectivity index (χ4v) is 4.17. The van der Waals surface area contributed by atoms with Crippen molar-refractivity contribution in [1.29, 1.82) is 0 Å². The normalized spacial score (nSPS) is 11.5. The number of amides is 1. The van der Waals surface area contributed by atoms with Gasteiger partial charge in [0.2, 0.25) is 5.91 Å². The van der Waals surface area contributed by atoms with Crippen LogP contribution in [0.3, 0.4) is 0 Å². The van der Waals surface area contributed by atoms with Crippen LogP contribution in [0, 0.1) is 5.82 Å². The summed E-state index contributed by atoms with van der Waals surface area (Å²) in [6.45, 7) is 1.94. The Hall–Kier alpha value is -2.61. The summed E-state index contributed by atoms with van der Waals surface area (Å²) in [4.78, 5) is 13.6. The van der Waals surface area contributed by atoms with Gasteiger partial charge in [-0.2, -0.15) is 0 Å². The molecule has 0 saturated heterocycles. The number of carbonyl (C=O) groups excluding carboxylic acids is 1. The summed E-state index contributed by atoms with van der Waals surface area (Å²) < 4.78 is 13.3. The van der Waals surface area contributed by atoms with Gasteiger partial charge >= 0.3 is 0 Å². The lowest BCUT2D eigenvalue weighted by atomic mass is 10.2. The number of nitrogens with one attached hydrogen (secondary N) is 3. The van der Waals surface area contributed by atoms with E-state index >= 15 is 0 Å². The fourth-order valence-electron chi connectivity index (χ4n) is 2.75. The van der Waals surface area contributed by atoms with Crippen molar-refractivity contribution in [2.75, 3.05) is 16.0 Å². The number of benzene rings is 3. The van der Waals surface area contributed by atoms with Gasteiger partial charge in [-0.05, 0) is 67.2 Å². The van der Waals surface area contributed by atoms with Crippen LogP contribution in [0.15, 0.2) is 77.7 Å². The van der Waals surface area contributed by atoms with E-state index in [0.29, 0.717) is 17.2 Å². The minimum Gasteiger partial charge on any atom is -0.332 e. The number of hydrogen-bond donors (Lipinski definition) is 3. The predicted octanol–water partition coefficient (Wildman–Crippen LogP) is 6.80. The number of halogens is 2. The Bertz CT molecular complexity index is 1070. The van der Waals surface area contributed by atoms with Crippen LogP contribution < -0.4 is 16.0 Å². The van der Waals surface area contributed by atoms with Crippen molar-refractivity contribution in [2.45, 2.75) is 23.5 Å². The molecule has 0 saturated carbocycles. The van der Waals surface area contributed by atoms with Crippen LogP contribution in [0.4, 0.5) is 21.5 Å². The second-order valence-electron chi connectivity index (χ2n) is 6.61. The molecular weight excluding hydrogens is 453 g/mol. The smallest absolute Gasteiger partial charge is 0.237 e. The Morgan fingerprint density at radius 1 is 0.968 bits per heavy atom. The Morgan fingerprint density at radius 2 is 1.65 bits per heavy atom. The Kier molecular flexibility index (Phi) is 8.28. The lowest BCUT2D eigenvalue weighted by Gasteiger charge is -2.16. The summed E-state index contributed by atoms with van der Waals surface area (Å²) in [7, 11) is 0. The van der Waals surface area contributed by atoms with Gasteiger partial charge in [-0.25, -0.2) is 4.39 Å². The maximum Gasteiger partial charge on any atom is 0.237 e. The first-order valence-electron chi connectivity index (χ1n) is 9.60. The van der Waals surface area contributed by atoms with E-state index in [1.54, 1.807) is 0 Å². The third-order valence-corrected chi connectivity index (χ3v) is 6.10. The average Bonchev–Trinajstić information content (AvgIpc) is 2.75. The molecule has 1 amide bonds. The van der Waals surface area contributed by atoms with E-state index in [1.807, 2.05) is 61.5 Å². The average molecular weight is 474 g/mol. The van der Waals surface area contributed by atoms with E-state index in [2.05, 4.69) is 16.0 Å². The third-order valence-electron chi connectivity index (χ3n) is 4.25. The van der Waals surface area contributed by atoms with Crippen LogP contribution in [-0.4, -0.2) is 16.3 Å². The quantitative estimate of drug-likeness (QED) is 0.260. The molecule has 8 heteroatoms. The molecular formula is C23H21ClFN3OS2. The van der Waals surface area contributed by atoms with Gasteiger partial charge in [-0.1, -0.05) is 42.8 Å². The van der Waals surface area contributed by atoms with Gasteiger partial charge in [-0.15, -0.1) is 11.8 Å². The van der Waals surface area contributed by atoms with Gasteiger partial charge in [0.15, 0.2) is 5.11 Å². The lowest BCUT2D eigenvalue weighted by Crippen LogP contribution is -2.24. The predicted molar refractivity (Wildman–Crippen MR) is 133 cm³/mol. The zero-order valence-corrected chi connectivity index (χ0v) is 19.1. The summed E-state index contributed by atoms with van der Waals surface area (Å²) in [6.07, 6.45) is 0.622. The van der Waals surface area contributed by atoms with E-state index in [1.165, 1.54) is 30.0 Å². The van der Waals surface area contributed by atoms with E-state index in [4.69, 9.17) is 23.8 Å². The molecule has 0 aromatic heterocycles. The molecule has 0 aliphatic carbocycles. The topological polar surface area (TPSA) is 53.2 Å². The van der Waals surface area contributed by atoms with Gasteiger partial charge in [0.05, 0.1) is 10.3 Å². The summed E-state index contributed by atoms with van der Waals surface area (Å²) >= 11 is 12.6. The summed E-state index contributed by atoms with van der Waals surface area (Å²) in [5.74, 6) is -0.695. The highest BCUT2D eigenvalue weighted by Gasteiger charge is 2.19. The second kappa shape index (κ2) is 11.1. The van der Waals surface area contributed by atoms with E-state index in [0.717, 1.165) is 16.3 Å². The van der Waals surface area contributed by atoms with E-state index in [-0.39, 0.29) is 16.2 Å². The molecule has 31 heavy (non-hydrogen) atoms. The molecule has 0 bridgehead atoms. The molecule has 1 atom stereocenters. The van der Waals surface area contributed by atoms with E-state index in [9.17, 15) is 9.18 Å². The molecule has 160 valence electrons. The Labute approximate surface area is 195 Å². The molecule has 0 aliphatic rings. The van der Waals surface area contributed by atoms with Gasteiger partial charge in [0, 0.05) is 22.0 Å². The van der Waals surface area contributed by atoms with Crippen LogP contribution in [0.5, 0.6) is 0 Å². The first kappa shape index (κ1) is 23.1. The van der Waals surface area contributed by atoms with Crippen molar-refractivity contribution < 1.29 is 9.18 Å². The van der Waals surface area contributed by atoms with Crippen LogP contribution in [0.2, 0.25) is 5.02 Å². The van der Waals surface area contributed by atoms with Gasteiger partial charge in [0.1, 0.15) is 5.82 Å². The first-order valence-corrected chi connectivity index (χ1v) is 11.3. The maximum atomic E-state index is 13.3. The van der Waals surface area contributed by atoms with Crippen LogP contribution in [0.1, 0.15) is 13.3 Å². The molecule has 3 aromatic rings. The molecule has 0 fully saturated rings. The number of hydrogen-bond acceptors (Lipinski definition) is 3. The molecule has 1 unspecified atom stereocenters. The number of thioether (sulfide) groups is 1. The molecule has 0 spiro atoms. The Balaban J connectivity index is 1.61. The Morgan fingerprint density at radius 3 is 2.35 bits per heavy atom. The van der Waals surface area contributed by atoms with Crippen molar-refractivity contribution in [1.82, 2.24) is 0 Å². The summed E-state index contributed by atoms with van der Waals surface area (Å²) in [6, 6.07) is 21.5. The zero-order valence-electron chi connectivity index (χ0n) is 16.7. The van der Waals surface area contributed by atoms with Crippen molar-refractivity contribution in [2.24, 2.45) is 0 Å². The molecule has 3 aromatic carbocycles. The maximum absolute atomic E-state index is 13.3. The van der Waals surface area contributed by atoms with Crippen LogP contribution in [-0.2, 0) is 4.79 Å². The molecule has 3 rings (SSSR count). The SMILES string of the molecule is CCC(Sc1cccc(NC(=S)Nc2ccccc2)c1)C(=O)Nc1ccc(F)c(Cl)c1. The highest BCUT2D eigenvalue weighted by Crippen LogP contribution is 2.29. The number of carbonyl (C=O) groups is 1. The van der Waals surface area contributed by atoms with Crippen LogP contribution in [0.25, 0.3) is 0 Å². The van der Waals surface area contributed by atoms with Crippen molar-refractivity contribution in [3.05, 3.63) is 83.6 Å². The van der Waals surface area contributed by atoms with Crippen molar-refractivity contribution >= 4 is 63.7 Å². The van der Waals surface area contributed by atoms with E-state index < -0.39 is 5.82 Å². The number of para-hydroxylation sites is 1. The van der Waals surface area contributed by atoms with Gasteiger partial charge in [0.25, 0.3) is 0 Å². The van der Waals surface area contributed by atoms with Crippen molar-refractivity contribution in [3.8, 4) is 0 Å². The second-order valence-corrected chi connectivity index (χ2v) is 8.70. The minimum absolute atomic E-state index is 0.0302. The molecule has 0 radical (unpaired) electrons. The first-order chi connectivity index (χ1) is 14.9. The number of thiocarbonyl (C=S) groups is 1. The molecule has 0 aliphatic heterocycles. The third kappa shape index (κ3) is 6.95. The highest BCUT2D eigenvalue weighted by atomic mass is 35.5. The lowest BCUT2D eigenvalue weighted by molar-refractivity contribution is -0.115. The standard InChI is InChI=1S/C23H21ClFN3OS2/c1-2-21(22(29)26-17-11-12-20(25)19(24)14-17)31-18-10-6-9-16(13-18)28-23(30)27-15-7-4-3-5-8-15/h3-14,21H,2H2,1H3,(H,26,29)(H2,27,28,30). The fraction of sp³-hybridized carbons (Fsp3) is 0.130. The minimum atomic E-state index is -0.523.